The van der Waals surface area contributed by atoms with E-state index in [-0.39, 0.29) is 18.2 Å². The van der Waals surface area contributed by atoms with Gasteiger partial charge in [-0.15, -0.1) is 0 Å². The van der Waals surface area contributed by atoms with Crippen LogP contribution in [0.1, 0.15) is 23.6 Å². The Morgan fingerprint density at radius 3 is 2.77 bits per heavy atom. The Labute approximate surface area is 176 Å². The molecule has 2 aliphatic rings. The highest BCUT2D eigenvalue weighted by Crippen LogP contribution is 2.40. The molecular weight excluding hydrogens is 413 g/mol. The Kier molecular flexibility index (Phi) is 5.38. The first-order chi connectivity index (χ1) is 14.8. The summed E-state index contributed by atoms with van der Waals surface area (Å²) in [4.78, 5) is 26.0. The van der Waals surface area contributed by atoms with Gasteiger partial charge in [0.25, 0.3) is 0 Å². The molecule has 1 atom stereocenters. The van der Waals surface area contributed by atoms with Crippen molar-refractivity contribution in [3.63, 3.8) is 0 Å². The second-order valence-corrected chi connectivity index (χ2v) is 7.75. The average molecular weight is 434 g/mol. The zero-order valence-electron chi connectivity index (χ0n) is 16.7. The molecule has 7 nitrogen and oxygen atoms in total. The molecule has 0 saturated carbocycles. The number of carbonyl (C=O) groups excluding carboxylic acids is 2. The van der Waals surface area contributed by atoms with Crippen LogP contribution in [0.15, 0.2) is 36.4 Å². The summed E-state index contributed by atoms with van der Waals surface area (Å²) < 4.78 is 46.2. The lowest BCUT2D eigenvalue weighted by atomic mass is 9.88. The van der Waals surface area contributed by atoms with Crippen LogP contribution in [0.5, 0.6) is 5.75 Å². The van der Waals surface area contributed by atoms with Crippen LogP contribution in [-0.2, 0) is 6.54 Å². The zero-order valence-corrected chi connectivity index (χ0v) is 16.7. The molecule has 0 saturated heterocycles. The minimum Gasteiger partial charge on any atom is -0.481 e. The van der Waals surface area contributed by atoms with Crippen LogP contribution >= 0.6 is 0 Å². The molecule has 4 amide bonds. The third-order valence-corrected chi connectivity index (χ3v) is 5.41. The molecule has 0 spiro atoms. The maximum absolute atomic E-state index is 13.6. The molecule has 0 unspecified atom stereocenters. The quantitative estimate of drug-likeness (QED) is 0.677. The van der Waals surface area contributed by atoms with Crippen molar-refractivity contribution in [3.8, 4) is 5.75 Å². The Morgan fingerprint density at radius 1 is 1.26 bits per heavy atom. The zero-order chi connectivity index (χ0) is 22.2. The summed E-state index contributed by atoms with van der Waals surface area (Å²) >= 11 is 0. The largest absolute Gasteiger partial charge is 0.481 e. The number of alkyl halides is 2. The van der Waals surface area contributed by atoms with E-state index in [1.54, 1.807) is 25.2 Å². The predicted octanol–water partition coefficient (Wildman–Crippen LogP) is 4.13. The first-order valence-electron chi connectivity index (χ1n) is 9.65. The third kappa shape index (κ3) is 4.10. The minimum atomic E-state index is -1.79. The second kappa shape index (κ2) is 8.01. The van der Waals surface area contributed by atoms with E-state index < -0.39 is 36.8 Å². The molecule has 2 heterocycles. The fourth-order valence-corrected chi connectivity index (χ4v) is 3.74. The predicted molar refractivity (Wildman–Crippen MR) is 108 cm³/mol. The van der Waals surface area contributed by atoms with E-state index >= 15 is 0 Å². The van der Waals surface area contributed by atoms with Crippen LogP contribution < -0.4 is 20.7 Å². The maximum atomic E-state index is 13.6. The van der Waals surface area contributed by atoms with Crippen LogP contribution in [0.2, 0.25) is 0 Å². The van der Waals surface area contributed by atoms with Crippen molar-refractivity contribution < 1.29 is 27.5 Å². The van der Waals surface area contributed by atoms with Gasteiger partial charge in [-0.25, -0.2) is 22.8 Å². The van der Waals surface area contributed by atoms with Crippen molar-refractivity contribution in [2.45, 2.75) is 24.6 Å². The van der Waals surface area contributed by atoms with Crippen molar-refractivity contribution in [2.75, 3.05) is 31.0 Å². The fraction of sp³-hybridized carbons (Fsp3) is 0.333. The average Bonchev–Trinajstić information content (AvgIpc) is 2.74. The van der Waals surface area contributed by atoms with Crippen molar-refractivity contribution >= 4 is 23.4 Å². The molecule has 0 bridgehead atoms. The topological polar surface area (TPSA) is 82.7 Å². The van der Waals surface area contributed by atoms with Crippen molar-refractivity contribution in [3.05, 3.63) is 53.3 Å². The molecule has 2 aromatic rings. The van der Waals surface area contributed by atoms with Gasteiger partial charge in [0.15, 0.2) is 5.60 Å². The number of halogens is 3. The van der Waals surface area contributed by atoms with Crippen LogP contribution in [0.3, 0.4) is 0 Å². The molecule has 0 aromatic heterocycles. The lowest BCUT2D eigenvalue weighted by molar-refractivity contribution is -0.0107. The van der Waals surface area contributed by atoms with Gasteiger partial charge in [-0.05, 0) is 23.8 Å². The van der Waals surface area contributed by atoms with Gasteiger partial charge in [-0.2, -0.15) is 0 Å². The van der Waals surface area contributed by atoms with Crippen LogP contribution in [0, 0.1) is 5.82 Å². The molecule has 4 rings (SSSR count). The number of amides is 4. The highest BCUT2D eigenvalue weighted by molar-refractivity contribution is 5.95. The number of rotatable bonds is 4. The Balaban J connectivity index is 1.52. The molecule has 31 heavy (non-hydrogen) atoms. The second-order valence-electron chi connectivity index (χ2n) is 7.75. The van der Waals surface area contributed by atoms with Gasteiger partial charge in [-0.1, -0.05) is 12.1 Å². The summed E-state index contributed by atoms with van der Waals surface area (Å²) in [5.41, 5.74) is 0.538. The first-order valence-corrected chi connectivity index (χ1v) is 9.65. The Bertz CT molecular complexity index is 1030. The van der Waals surface area contributed by atoms with Crippen LogP contribution in [-0.4, -0.2) is 43.0 Å². The van der Waals surface area contributed by atoms with Gasteiger partial charge in [0, 0.05) is 43.0 Å². The van der Waals surface area contributed by atoms with E-state index in [1.165, 1.54) is 17.0 Å². The lowest BCUT2D eigenvalue weighted by Gasteiger charge is -2.39. The standard InChI is InChI=1S/C21H21F3N4O3/c1-28-9-12-2-4-14(7-16(12)27-20(28)30)25-19(29)26-17-8-21(10-22,11-23)31-18-6-13(24)3-5-15(17)18/h2-7,17H,8-11H2,1H3,(H,27,30)(H2,25,26,29)/t17-/m1/s1. The van der Waals surface area contributed by atoms with Gasteiger partial charge in [-0.3, -0.25) is 0 Å². The summed E-state index contributed by atoms with van der Waals surface area (Å²) in [5.74, 6) is -0.621. The van der Waals surface area contributed by atoms with Crippen LogP contribution in [0.4, 0.5) is 34.1 Å². The molecule has 3 N–H and O–H groups in total. The fourth-order valence-electron chi connectivity index (χ4n) is 3.74. The number of hydrogen-bond acceptors (Lipinski definition) is 3. The van der Waals surface area contributed by atoms with Gasteiger partial charge in [0.1, 0.15) is 24.9 Å². The molecule has 2 aliphatic heterocycles. The number of ether oxygens (including phenoxy) is 1. The number of anilines is 2. The molecule has 164 valence electrons. The lowest BCUT2D eigenvalue weighted by Crippen LogP contribution is -2.49. The van der Waals surface area contributed by atoms with E-state index in [0.717, 1.165) is 11.6 Å². The van der Waals surface area contributed by atoms with E-state index in [1.807, 2.05) is 0 Å². The molecule has 0 aliphatic carbocycles. The first kappa shape index (κ1) is 20.8. The number of benzene rings is 2. The third-order valence-electron chi connectivity index (χ3n) is 5.41. The monoisotopic (exact) mass is 434 g/mol. The highest BCUT2D eigenvalue weighted by Gasteiger charge is 2.42. The smallest absolute Gasteiger partial charge is 0.321 e. The number of urea groups is 2. The molecule has 10 heteroatoms. The number of hydrogen-bond donors (Lipinski definition) is 3. The normalized spacial score (nSPS) is 18.9. The van der Waals surface area contributed by atoms with Gasteiger partial charge < -0.3 is 25.6 Å². The summed E-state index contributed by atoms with van der Waals surface area (Å²) in [6, 6.07) is 7.08. The van der Waals surface area contributed by atoms with E-state index in [0.29, 0.717) is 23.5 Å². The van der Waals surface area contributed by atoms with Gasteiger partial charge in [0.05, 0.1) is 6.04 Å². The molecule has 0 fully saturated rings. The Morgan fingerprint density at radius 2 is 2.03 bits per heavy atom. The number of carbonyl (C=O) groups is 2. The summed E-state index contributed by atoms with van der Waals surface area (Å²) in [6.07, 6.45) is -0.154. The van der Waals surface area contributed by atoms with E-state index in [2.05, 4.69) is 16.0 Å². The Hall–Kier alpha value is -3.43. The van der Waals surface area contributed by atoms with Crippen molar-refractivity contribution in [1.29, 1.82) is 0 Å². The molecule has 0 radical (unpaired) electrons. The SMILES string of the molecule is CN1Cc2ccc(NC(=O)N[C@@H]3CC(CF)(CF)Oc4cc(F)ccc43)cc2NC1=O. The minimum absolute atomic E-state index is 0.00698. The molecular formula is C21H21F3N4O3. The maximum Gasteiger partial charge on any atom is 0.321 e. The van der Waals surface area contributed by atoms with E-state index in [9.17, 15) is 22.8 Å². The van der Waals surface area contributed by atoms with Crippen molar-refractivity contribution in [1.82, 2.24) is 10.2 Å². The molecule has 2 aromatic carbocycles. The highest BCUT2D eigenvalue weighted by atomic mass is 19.1. The van der Waals surface area contributed by atoms with Gasteiger partial charge >= 0.3 is 12.1 Å². The van der Waals surface area contributed by atoms with Crippen molar-refractivity contribution in [2.24, 2.45) is 0 Å². The summed E-state index contributed by atoms with van der Waals surface area (Å²) in [7, 11) is 1.67. The summed E-state index contributed by atoms with van der Waals surface area (Å²) in [5, 5.41) is 8.06. The number of nitrogens with zero attached hydrogens (tertiary/aromatic N) is 1. The summed E-state index contributed by atoms with van der Waals surface area (Å²) in [6.45, 7) is -1.81. The number of fused-ring (bicyclic) bond motifs is 2. The van der Waals surface area contributed by atoms with Crippen LogP contribution in [0.25, 0.3) is 0 Å². The van der Waals surface area contributed by atoms with Gasteiger partial charge in [0.2, 0.25) is 0 Å². The van der Waals surface area contributed by atoms with E-state index in [4.69, 9.17) is 4.74 Å². The number of nitrogens with one attached hydrogen (secondary N) is 3.